The molecule has 2 aromatic rings. The number of amides is 1. The molecule has 5 nitrogen and oxygen atoms in total. The Bertz CT molecular complexity index is 719. The minimum absolute atomic E-state index is 0.264. The summed E-state index contributed by atoms with van der Waals surface area (Å²) in [6.07, 6.45) is 0. The molecule has 0 atom stereocenters. The average molecular weight is 353 g/mol. The Morgan fingerprint density at radius 2 is 1.96 bits per heavy atom. The monoisotopic (exact) mass is 352 g/mol. The maximum absolute atomic E-state index is 12.4. The van der Waals surface area contributed by atoms with E-state index in [4.69, 9.17) is 23.2 Å². The number of carbonyl (C=O) groups excluding carboxylic acids is 1. The standard InChI is InChI=1S/C16H18Cl2N4O/c1-9(2)8-19-16-20-10(3)6-14(22-16)15(23)21-13-7-11(17)4-5-12(13)18/h4-7,9H,8H2,1-3H3,(H,21,23)(H,19,20,22). The van der Waals surface area contributed by atoms with Gasteiger partial charge in [0.05, 0.1) is 10.7 Å². The SMILES string of the molecule is Cc1cc(C(=O)Nc2cc(Cl)ccc2Cl)nc(NCC(C)C)n1. The van der Waals surface area contributed by atoms with Crippen molar-refractivity contribution in [3.63, 3.8) is 0 Å². The second-order valence-corrected chi connectivity index (χ2v) is 6.41. The van der Waals surface area contributed by atoms with Gasteiger partial charge in [0.1, 0.15) is 5.69 Å². The Morgan fingerprint density at radius 3 is 2.65 bits per heavy atom. The number of rotatable bonds is 5. The average Bonchev–Trinajstić information content (AvgIpc) is 2.48. The highest BCUT2D eigenvalue weighted by molar-refractivity contribution is 6.35. The first kappa shape index (κ1) is 17.5. The van der Waals surface area contributed by atoms with Crippen molar-refractivity contribution in [2.24, 2.45) is 5.92 Å². The van der Waals surface area contributed by atoms with Crippen molar-refractivity contribution < 1.29 is 4.79 Å². The molecule has 0 fully saturated rings. The molecule has 0 radical (unpaired) electrons. The summed E-state index contributed by atoms with van der Waals surface area (Å²) in [6.45, 7) is 6.70. The Morgan fingerprint density at radius 1 is 1.22 bits per heavy atom. The van der Waals surface area contributed by atoms with Crippen LogP contribution >= 0.6 is 23.2 Å². The van der Waals surface area contributed by atoms with Crippen LogP contribution in [0.15, 0.2) is 24.3 Å². The van der Waals surface area contributed by atoms with E-state index in [-0.39, 0.29) is 11.6 Å². The number of anilines is 2. The van der Waals surface area contributed by atoms with E-state index < -0.39 is 0 Å². The molecule has 2 N–H and O–H groups in total. The predicted molar refractivity (Wildman–Crippen MR) is 94.5 cm³/mol. The van der Waals surface area contributed by atoms with E-state index in [0.717, 1.165) is 6.54 Å². The lowest BCUT2D eigenvalue weighted by molar-refractivity contribution is 0.102. The predicted octanol–water partition coefficient (Wildman–Crippen LogP) is 4.41. The van der Waals surface area contributed by atoms with E-state index in [0.29, 0.717) is 33.3 Å². The van der Waals surface area contributed by atoms with Crippen molar-refractivity contribution in [2.45, 2.75) is 20.8 Å². The number of nitrogens with zero attached hydrogens (tertiary/aromatic N) is 2. The normalized spacial score (nSPS) is 10.7. The van der Waals surface area contributed by atoms with E-state index in [1.807, 2.05) is 6.92 Å². The number of hydrogen-bond acceptors (Lipinski definition) is 4. The zero-order chi connectivity index (χ0) is 17.0. The number of carbonyl (C=O) groups is 1. The molecule has 0 bridgehead atoms. The maximum Gasteiger partial charge on any atom is 0.274 e. The Hall–Kier alpha value is -1.85. The summed E-state index contributed by atoms with van der Waals surface area (Å²) < 4.78 is 0. The molecule has 1 aromatic carbocycles. The molecule has 1 heterocycles. The summed E-state index contributed by atoms with van der Waals surface area (Å²) in [6, 6.07) is 6.49. The minimum Gasteiger partial charge on any atom is -0.354 e. The van der Waals surface area contributed by atoms with Crippen LogP contribution in [0.4, 0.5) is 11.6 Å². The van der Waals surface area contributed by atoms with E-state index in [2.05, 4.69) is 34.4 Å². The van der Waals surface area contributed by atoms with Crippen molar-refractivity contribution >= 4 is 40.7 Å². The van der Waals surface area contributed by atoms with Gasteiger partial charge in [-0.25, -0.2) is 9.97 Å². The highest BCUT2D eigenvalue weighted by Gasteiger charge is 2.13. The molecule has 0 saturated heterocycles. The van der Waals surface area contributed by atoms with Crippen LogP contribution in [0.1, 0.15) is 30.0 Å². The fourth-order valence-corrected chi connectivity index (χ4v) is 2.18. The van der Waals surface area contributed by atoms with Crippen LogP contribution in [0.25, 0.3) is 0 Å². The minimum atomic E-state index is -0.368. The van der Waals surface area contributed by atoms with Crippen LogP contribution in [0.5, 0.6) is 0 Å². The second kappa shape index (κ2) is 7.62. The molecule has 0 aliphatic carbocycles. The first-order valence-corrected chi connectivity index (χ1v) is 7.96. The zero-order valence-corrected chi connectivity index (χ0v) is 14.7. The summed E-state index contributed by atoms with van der Waals surface area (Å²) in [4.78, 5) is 20.9. The van der Waals surface area contributed by atoms with E-state index >= 15 is 0 Å². The Labute approximate surface area is 145 Å². The Balaban J connectivity index is 2.20. The highest BCUT2D eigenvalue weighted by atomic mass is 35.5. The van der Waals surface area contributed by atoms with Gasteiger partial charge in [0.15, 0.2) is 0 Å². The van der Waals surface area contributed by atoms with Crippen molar-refractivity contribution in [2.75, 3.05) is 17.2 Å². The van der Waals surface area contributed by atoms with Crippen molar-refractivity contribution in [1.82, 2.24) is 9.97 Å². The molecule has 0 saturated carbocycles. The number of hydrogen-bond donors (Lipinski definition) is 2. The van der Waals surface area contributed by atoms with Gasteiger partial charge in [-0.1, -0.05) is 37.0 Å². The summed E-state index contributed by atoms with van der Waals surface area (Å²) in [7, 11) is 0. The van der Waals surface area contributed by atoms with Crippen LogP contribution < -0.4 is 10.6 Å². The molecule has 0 spiro atoms. The third-order valence-corrected chi connectivity index (χ3v) is 3.50. The third kappa shape index (κ3) is 5.08. The van der Waals surface area contributed by atoms with Crippen LogP contribution in [0.3, 0.4) is 0 Å². The van der Waals surface area contributed by atoms with Gasteiger partial charge >= 0.3 is 0 Å². The van der Waals surface area contributed by atoms with Crippen LogP contribution in [-0.2, 0) is 0 Å². The van der Waals surface area contributed by atoms with Gasteiger partial charge in [-0.15, -0.1) is 0 Å². The molecular formula is C16H18Cl2N4O. The third-order valence-electron chi connectivity index (χ3n) is 2.93. The molecule has 1 aromatic heterocycles. The van der Waals surface area contributed by atoms with Crippen LogP contribution in [0, 0.1) is 12.8 Å². The fraction of sp³-hybridized carbons (Fsp3) is 0.312. The molecular weight excluding hydrogens is 335 g/mol. The lowest BCUT2D eigenvalue weighted by Crippen LogP contribution is -2.17. The van der Waals surface area contributed by atoms with Crippen LogP contribution in [0.2, 0.25) is 10.0 Å². The first-order valence-electron chi connectivity index (χ1n) is 7.21. The van der Waals surface area contributed by atoms with Gasteiger partial charge in [0.25, 0.3) is 5.91 Å². The molecule has 0 aliphatic rings. The molecule has 2 rings (SSSR count). The molecule has 0 unspecified atom stereocenters. The van der Waals surface area contributed by atoms with E-state index in [1.54, 1.807) is 24.3 Å². The summed E-state index contributed by atoms with van der Waals surface area (Å²) in [5.41, 5.74) is 1.41. The number of benzene rings is 1. The summed E-state index contributed by atoms with van der Waals surface area (Å²) in [5, 5.41) is 6.73. The number of nitrogens with one attached hydrogen (secondary N) is 2. The van der Waals surface area contributed by atoms with Gasteiger partial charge < -0.3 is 10.6 Å². The molecule has 0 aliphatic heterocycles. The number of halogens is 2. The second-order valence-electron chi connectivity index (χ2n) is 5.57. The van der Waals surface area contributed by atoms with E-state index in [1.165, 1.54) is 0 Å². The maximum atomic E-state index is 12.4. The van der Waals surface area contributed by atoms with Gasteiger partial charge in [-0.3, -0.25) is 4.79 Å². The lowest BCUT2D eigenvalue weighted by Gasteiger charge is -2.11. The number of aryl methyl sites for hydroxylation is 1. The molecule has 23 heavy (non-hydrogen) atoms. The van der Waals surface area contributed by atoms with Crippen LogP contribution in [-0.4, -0.2) is 22.4 Å². The quantitative estimate of drug-likeness (QED) is 0.835. The van der Waals surface area contributed by atoms with Gasteiger partial charge in [0.2, 0.25) is 5.95 Å². The lowest BCUT2D eigenvalue weighted by atomic mass is 10.2. The van der Waals surface area contributed by atoms with Gasteiger partial charge in [0, 0.05) is 17.3 Å². The molecule has 122 valence electrons. The number of aromatic nitrogens is 2. The molecule has 1 amide bonds. The van der Waals surface area contributed by atoms with Gasteiger partial charge in [-0.2, -0.15) is 0 Å². The van der Waals surface area contributed by atoms with Crippen molar-refractivity contribution in [3.05, 3.63) is 45.7 Å². The van der Waals surface area contributed by atoms with Crippen molar-refractivity contribution in [3.8, 4) is 0 Å². The Kier molecular flexibility index (Phi) is 5.80. The summed E-state index contributed by atoms with van der Waals surface area (Å²) >= 11 is 12.0. The first-order chi connectivity index (χ1) is 10.8. The molecule has 7 heteroatoms. The van der Waals surface area contributed by atoms with Gasteiger partial charge in [-0.05, 0) is 37.1 Å². The summed E-state index contributed by atoms with van der Waals surface area (Å²) in [5.74, 6) is 0.509. The smallest absolute Gasteiger partial charge is 0.274 e. The zero-order valence-electron chi connectivity index (χ0n) is 13.2. The topological polar surface area (TPSA) is 66.9 Å². The highest BCUT2D eigenvalue weighted by Crippen LogP contribution is 2.25. The largest absolute Gasteiger partial charge is 0.354 e. The van der Waals surface area contributed by atoms with E-state index in [9.17, 15) is 4.79 Å². The fourth-order valence-electron chi connectivity index (χ4n) is 1.84. The van der Waals surface area contributed by atoms with Crippen molar-refractivity contribution in [1.29, 1.82) is 0 Å².